The van der Waals surface area contributed by atoms with Gasteiger partial charge in [-0.1, -0.05) is 18.9 Å². The predicted octanol–water partition coefficient (Wildman–Crippen LogP) is 3.18. The van der Waals surface area contributed by atoms with Crippen LogP contribution in [0.1, 0.15) is 37.1 Å². The van der Waals surface area contributed by atoms with E-state index in [1.165, 1.54) is 31.2 Å². The van der Waals surface area contributed by atoms with E-state index in [1.807, 2.05) is 6.07 Å². The van der Waals surface area contributed by atoms with Gasteiger partial charge >= 0.3 is 0 Å². The summed E-state index contributed by atoms with van der Waals surface area (Å²) in [5, 5.41) is 0. The minimum Gasteiger partial charge on any atom is -0.370 e. The number of benzene rings is 1. The van der Waals surface area contributed by atoms with Gasteiger partial charge in [0.1, 0.15) is 12.4 Å². The molecule has 1 aromatic carbocycles. The number of aromatic nitrogens is 2. The second-order valence-corrected chi connectivity index (χ2v) is 5.78. The number of H-pyrrole nitrogens is 1. The molecule has 0 unspecified atom stereocenters. The van der Waals surface area contributed by atoms with E-state index in [0.717, 1.165) is 29.9 Å². The topological polar surface area (TPSA) is 70.3 Å². The van der Waals surface area contributed by atoms with Crippen LogP contribution in [0.2, 0.25) is 0 Å². The number of nitrogens with one attached hydrogen (secondary N) is 1. The first-order valence-corrected chi connectivity index (χ1v) is 7.72. The highest BCUT2D eigenvalue weighted by atomic mass is 127. The fraction of sp³-hybridized carbons (Fsp3) is 0.500. The third-order valence-electron chi connectivity index (χ3n) is 4.01. The molecule has 1 aliphatic heterocycles. The van der Waals surface area contributed by atoms with Crippen LogP contribution in [0.15, 0.2) is 23.2 Å². The number of guanidine groups is 1. The maximum absolute atomic E-state index is 6.12. The molecule has 5 nitrogen and oxygen atoms in total. The van der Waals surface area contributed by atoms with E-state index < -0.39 is 0 Å². The molecule has 22 heavy (non-hydrogen) atoms. The molecule has 0 saturated carbocycles. The van der Waals surface area contributed by atoms with Gasteiger partial charge in [-0.3, -0.25) is 0 Å². The third kappa shape index (κ3) is 4.12. The van der Waals surface area contributed by atoms with E-state index in [-0.39, 0.29) is 24.0 Å². The maximum atomic E-state index is 6.12. The van der Waals surface area contributed by atoms with Crippen molar-refractivity contribution in [2.24, 2.45) is 10.7 Å². The van der Waals surface area contributed by atoms with E-state index in [4.69, 9.17) is 5.73 Å². The molecule has 1 fully saturated rings. The molecule has 0 bridgehead atoms. The molecule has 0 radical (unpaired) electrons. The Hall–Kier alpha value is -1.31. The van der Waals surface area contributed by atoms with Crippen LogP contribution < -0.4 is 5.73 Å². The molecule has 3 N–H and O–H groups in total. The van der Waals surface area contributed by atoms with Crippen LogP contribution in [-0.4, -0.2) is 33.9 Å². The molecular formula is C16H24IN5. The Bertz CT molecular complexity index is 641. The Morgan fingerprint density at radius 2 is 2.00 bits per heavy atom. The highest BCUT2D eigenvalue weighted by molar-refractivity contribution is 14.0. The highest BCUT2D eigenvalue weighted by Gasteiger charge is 2.11. The number of imidazole rings is 1. The smallest absolute Gasteiger partial charge is 0.191 e. The second-order valence-electron chi connectivity index (χ2n) is 5.78. The molecular weight excluding hydrogens is 389 g/mol. The fourth-order valence-corrected chi connectivity index (χ4v) is 2.81. The average molecular weight is 413 g/mol. The van der Waals surface area contributed by atoms with E-state index >= 15 is 0 Å². The largest absolute Gasteiger partial charge is 0.370 e. The third-order valence-corrected chi connectivity index (χ3v) is 4.01. The summed E-state index contributed by atoms with van der Waals surface area (Å²) < 4.78 is 0. The summed E-state index contributed by atoms with van der Waals surface area (Å²) in [5.74, 6) is 1.52. The van der Waals surface area contributed by atoms with Crippen LogP contribution in [0, 0.1) is 6.92 Å². The molecule has 2 aromatic rings. The quantitative estimate of drug-likeness (QED) is 0.452. The van der Waals surface area contributed by atoms with E-state index in [0.29, 0.717) is 12.5 Å². The van der Waals surface area contributed by atoms with Gasteiger partial charge in [0.25, 0.3) is 0 Å². The van der Waals surface area contributed by atoms with Gasteiger partial charge in [0.2, 0.25) is 0 Å². The van der Waals surface area contributed by atoms with Crippen molar-refractivity contribution >= 4 is 41.0 Å². The lowest BCUT2D eigenvalue weighted by atomic mass is 10.2. The monoisotopic (exact) mass is 413 g/mol. The molecule has 120 valence electrons. The summed E-state index contributed by atoms with van der Waals surface area (Å²) in [6, 6.07) is 6.21. The van der Waals surface area contributed by atoms with Gasteiger partial charge in [-0.25, -0.2) is 9.98 Å². The standard InChI is InChI=1S/C16H23N5.HI/c1-12-6-7-13-14(10-12)20-15(19-13)11-18-16(17)21-8-4-2-3-5-9-21;/h6-7,10H,2-5,8-9,11H2,1H3,(H2,17,18)(H,19,20);1H. The summed E-state index contributed by atoms with van der Waals surface area (Å²) in [7, 11) is 0. The number of rotatable bonds is 2. The van der Waals surface area contributed by atoms with Crippen LogP contribution in [0.4, 0.5) is 0 Å². The first-order chi connectivity index (χ1) is 10.2. The minimum atomic E-state index is 0. The number of hydrogen-bond acceptors (Lipinski definition) is 2. The molecule has 3 rings (SSSR count). The van der Waals surface area contributed by atoms with Gasteiger partial charge < -0.3 is 15.6 Å². The SMILES string of the molecule is Cc1ccc2nc(CN=C(N)N3CCCCCC3)[nH]c2c1.I. The second kappa shape index (κ2) is 7.80. The number of fused-ring (bicyclic) bond motifs is 1. The number of likely N-dealkylation sites (tertiary alicyclic amines) is 1. The molecule has 2 heterocycles. The van der Waals surface area contributed by atoms with Crippen molar-refractivity contribution in [1.82, 2.24) is 14.9 Å². The molecule has 1 aliphatic rings. The Kier molecular flexibility index (Phi) is 6.05. The highest BCUT2D eigenvalue weighted by Crippen LogP contribution is 2.14. The van der Waals surface area contributed by atoms with Gasteiger partial charge in [-0.05, 0) is 37.5 Å². The van der Waals surface area contributed by atoms with Crippen LogP contribution in [-0.2, 0) is 6.54 Å². The summed E-state index contributed by atoms with van der Waals surface area (Å²) in [4.78, 5) is 14.6. The Balaban J connectivity index is 0.00000176. The van der Waals surface area contributed by atoms with Crippen molar-refractivity contribution in [3.63, 3.8) is 0 Å². The number of hydrogen-bond donors (Lipinski definition) is 2. The molecule has 0 aliphatic carbocycles. The van der Waals surface area contributed by atoms with Crippen LogP contribution in [0.25, 0.3) is 11.0 Å². The van der Waals surface area contributed by atoms with Crippen molar-refractivity contribution in [3.8, 4) is 0 Å². The first kappa shape index (κ1) is 17.1. The summed E-state index contributed by atoms with van der Waals surface area (Å²) in [5.41, 5.74) is 9.39. The van der Waals surface area contributed by atoms with Gasteiger partial charge in [0.05, 0.1) is 11.0 Å². The van der Waals surface area contributed by atoms with Gasteiger partial charge in [-0.15, -0.1) is 24.0 Å². The lowest BCUT2D eigenvalue weighted by molar-refractivity contribution is 0.428. The number of nitrogens with two attached hydrogens (primary N) is 1. The van der Waals surface area contributed by atoms with E-state index in [1.54, 1.807) is 0 Å². The number of halogens is 1. The summed E-state index contributed by atoms with van der Waals surface area (Å²) in [6.45, 7) is 4.63. The molecule has 0 spiro atoms. The Morgan fingerprint density at radius 3 is 2.73 bits per heavy atom. The first-order valence-electron chi connectivity index (χ1n) is 7.72. The molecule has 0 atom stereocenters. The Labute approximate surface area is 148 Å². The zero-order chi connectivity index (χ0) is 14.7. The Morgan fingerprint density at radius 1 is 1.27 bits per heavy atom. The predicted molar refractivity (Wildman–Crippen MR) is 102 cm³/mol. The zero-order valence-electron chi connectivity index (χ0n) is 13.0. The minimum absolute atomic E-state index is 0. The maximum Gasteiger partial charge on any atom is 0.191 e. The van der Waals surface area contributed by atoms with Crippen molar-refractivity contribution in [2.75, 3.05) is 13.1 Å². The number of aliphatic imine (C=N–C) groups is 1. The van der Waals surface area contributed by atoms with Crippen LogP contribution in [0.3, 0.4) is 0 Å². The van der Waals surface area contributed by atoms with Crippen molar-refractivity contribution < 1.29 is 0 Å². The number of aromatic amines is 1. The van der Waals surface area contributed by atoms with E-state index in [9.17, 15) is 0 Å². The molecule has 0 amide bonds. The van der Waals surface area contributed by atoms with Gasteiger partial charge in [0, 0.05) is 13.1 Å². The molecule has 6 heteroatoms. The lowest BCUT2D eigenvalue weighted by Crippen LogP contribution is -2.38. The van der Waals surface area contributed by atoms with Crippen molar-refractivity contribution in [2.45, 2.75) is 39.2 Å². The van der Waals surface area contributed by atoms with Crippen molar-refractivity contribution in [1.29, 1.82) is 0 Å². The normalized spacial score (nSPS) is 16.4. The fourth-order valence-electron chi connectivity index (χ4n) is 2.81. The van der Waals surface area contributed by atoms with Gasteiger partial charge in [-0.2, -0.15) is 0 Å². The molecule has 1 aromatic heterocycles. The van der Waals surface area contributed by atoms with Crippen molar-refractivity contribution in [3.05, 3.63) is 29.6 Å². The van der Waals surface area contributed by atoms with Crippen LogP contribution >= 0.6 is 24.0 Å². The lowest BCUT2D eigenvalue weighted by Gasteiger charge is -2.20. The summed E-state index contributed by atoms with van der Waals surface area (Å²) >= 11 is 0. The van der Waals surface area contributed by atoms with E-state index in [2.05, 4.69) is 38.9 Å². The van der Waals surface area contributed by atoms with Crippen LogP contribution in [0.5, 0.6) is 0 Å². The van der Waals surface area contributed by atoms with Gasteiger partial charge in [0.15, 0.2) is 5.96 Å². The summed E-state index contributed by atoms with van der Waals surface area (Å²) in [6.07, 6.45) is 5.01. The zero-order valence-corrected chi connectivity index (χ0v) is 15.3. The number of aryl methyl sites for hydroxylation is 1. The number of nitrogens with zero attached hydrogens (tertiary/aromatic N) is 3. The average Bonchev–Trinajstić information content (AvgIpc) is 2.69. The molecule has 1 saturated heterocycles.